The minimum absolute atomic E-state index is 0.0924. The van der Waals surface area contributed by atoms with Crippen LogP contribution in [0.5, 0.6) is 0 Å². The molecule has 2 unspecified atom stereocenters. The topological polar surface area (TPSA) is 111 Å². The van der Waals surface area contributed by atoms with Crippen molar-refractivity contribution in [3.8, 4) is 6.07 Å². The maximum Gasteiger partial charge on any atom is 0.272 e. The molecule has 7 nitrogen and oxygen atoms in total. The molecule has 6 rings (SSSR count). The number of carbonyl (C=O) groups excluding carboxylic acids is 3. The molecule has 0 aliphatic heterocycles. The van der Waals surface area contributed by atoms with Crippen molar-refractivity contribution in [2.24, 2.45) is 11.3 Å². The second-order valence-corrected chi connectivity index (χ2v) is 16.4. The molecule has 3 amide bonds. The number of hydrogen-bond acceptors (Lipinski definition) is 6. The van der Waals surface area contributed by atoms with Crippen LogP contribution in [0.25, 0.3) is 16.8 Å². The Hall–Kier alpha value is -5.17. The van der Waals surface area contributed by atoms with E-state index in [-0.39, 0.29) is 17.0 Å². The second-order valence-electron chi connectivity index (χ2n) is 14.1. The van der Waals surface area contributed by atoms with Crippen molar-refractivity contribution in [1.29, 1.82) is 5.26 Å². The van der Waals surface area contributed by atoms with Crippen LogP contribution in [0.1, 0.15) is 72.5 Å². The van der Waals surface area contributed by atoms with Crippen LogP contribution in [-0.2, 0) is 22.4 Å². The fraction of sp³-hybridized carbons (Fsp3) is 0.256. The van der Waals surface area contributed by atoms with E-state index in [9.17, 15) is 19.6 Å². The average Bonchev–Trinajstić information content (AvgIpc) is 3.49. The van der Waals surface area contributed by atoms with E-state index in [1.54, 1.807) is 36.4 Å². The van der Waals surface area contributed by atoms with E-state index in [2.05, 4.69) is 42.8 Å². The van der Waals surface area contributed by atoms with E-state index in [0.717, 1.165) is 46.1 Å². The van der Waals surface area contributed by atoms with Crippen LogP contribution in [0.3, 0.4) is 0 Å². The summed E-state index contributed by atoms with van der Waals surface area (Å²) in [5.41, 5.74) is 3.70. The van der Waals surface area contributed by atoms with E-state index in [4.69, 9.17) is 0 Å². The van der Waals surface area contributed by atoms with Gasteiger partial charge in [-0.15, -0.1) is 23.1 Å². The Kier molecular flexibility index (Phi) is 11.3. The number of benzene rings is 4. The summed E-state index contributed by atoms with van der Waals surface area (Å²) in [5.74, 6) is -0.509. The van der Waals surface area contributed by atoms with Gasteiger partial charge in [0.25, 0.3) is 11.8 Å². The summed E-state index contributed by atoms with van der Waals surface area (Å²) < 4.78 is 0. The highest BCUT2D eigenvalue weighted by Gasteiger charge is 2.33. The molecule has 0 radical (unpaired) electrons. The molecule has 1 aromatic heterocycles. The Morgan fingerprint density at radius 2 is 1.69 bits per heavy atom. The lowest BCUT2D eigenvalue weighted by molar-refractivity contribution is -0.116. The van der Waals surface area contributed by atoms with Crippen molar-refractivity contribution < 1.29 is 14.4 Å². The molecule has 9 heteroatoms. The van der Waals surface area contributed by atoms with Crippen LogP contribution in [0.4, 0.5) is 10.7 Å². The Balaban J connectivity index is 1.19. The number of nitriles is 1. The summed E-state index contributed by atoms with van der Waals surface area (Å²) in [5, 5.41) is 21.1. The molecule has 0 bridgehead atoms. The van der Waals surface area contributed by atoms with Crippen LogP contribution < -0.4 is 16.0 Å². The minimum Gasteiger partial charge on any atom is -0.321 e. The molecule has 2 atom stereocenters. The molecule has 1 aliphatic rings. The first-order valence-electron chi connectivity index (χ1n) is 17.5. The summed E-state index contributed by atoms with van der Waals surface area (Å²) in [4.78, 5) is 42.7. The Morgan fingerprint density at radius 1 is 0.962 bits per heavy atom. The monoisotopic (exact) mass is 726 g/mol. The number of fused-ring (bicyclic) bond motifs is 2. The Labute approximate surface area is 313 Å². The van der Waals surface area contributed by atoms with E-state index in [0.29, 0.717) is 34.2 Å². The van der Waals surface area contributed by atoms with Crippen molar-refractivity contribution in [2.75, 3.05) is 10.6 Å². The number of rotatable bonds is 10. The number of thioether (sulfide) groups is 1. The lowest BCUT2D eigenvalue weighted by atomic mass is 9.72. The summed E-state index contributed by atoms with van der Waals surface area (Å²) in [7, 11) is 0. The molecule has 1 heterocycles. The van der Waals surface area contributed by atoms with Gasteiger partial charge in [-0.2, -0.15) is 5.26 Å². The number of anilines is 2. The van der Waals surface area contributed by atoms with E-state index >= 15 is 0 Å². The molecule has 3 N–H and O–H groups in total. The molecule has 5 aromatic rings. The summed E-state index contributed by atoms with van der Waals surface area (Å²) >= 11 is 2.94. The molecule has 4 aromatic carbocycles. The van der Waals surface area contributed by atoms with E-state index in [1.165, 1.54) is 28.0 Å². The third-order valence-electron chi connectivity index (χ3n) is 9.52. The van der Waals surface area contributed by atoms with Gasteiger partial charge in [-0.05, 0) is 95.3 Å². The van der Waals surface area contributed by atoms with Gasteiger partial charge in [-0.1, -0.05) is 94.4 Å². The van der Waals surface area contributed by atoms with Crippen LogP contribution in [0.15, 0.2) is 108 Å². The Morgan fingerprint density at radius 3 is 2.44 bits per heavy atom. The molecular weight excluding hydrogens is 685 g/mol. The maximum absolute atomic E-state index is 13.8. The zero-order chi connectivity index (χ0) is 36.8. The van der Waals surface area contributed by atoms with Gasteiger partial charge in [0.15, 0.2) is 0 Å². The first kappa shape index (κ1) is 36.6. The van der Waals surface area contributed by atoms with Crippen LogP contribution >= 0.6 is 23.1 Å². The van der Waals surface area contributed by atoms with Gasteiger partial charge < -0.3 is 16.0 Å². The van der Waals surface area contributed by atoms with Crippen molar-refractivity contribution >= 4 is 68.4 Å². The number of nitrogens with one attached hydrogen (secondary N) is 3. The molecule has 0 saturated heterocycles. The number of hydrogen-bond donors (Lipinski definition) is 3. The highest BCUT2D eigenvalue weighted by Crippen LogP contribution is 2.44. The van der Waals surface area contributed by atoms with Crippen molar-refractivity contribution in [3.05, 3.63) is 130 Å². The van der Waals surface area contributed by atoms with Crippen LogP contribution in [0, 0.1) is 22.7 Å². The fourth-order valence-corrected chi connectivity index (χ4v) is 8.82. The normalized spacial score (nSPS) is 14.9. The summed E-state index contributed by atoms with van der Waals surface area (Å²) in [6, 6.07) is 32.2. The van der Waals surface area contributed by atoms with Gasteiger partial charge in [-0.25, -0.2) is 0 Å². The lowest BCUT2D eigenvalue weighted by Gasteiger charge is -2.33. The molecule has 264 valence electrons. The van der Waals surface area contributed by atoms with E-state index in [1.807, 2.05) is 73.7 Å². The highest BCUT2D eigenvalue weighted by molar-refractivity contribution is 8.00. The van der Waals surface area contributed by atoms with Gasteiger partial charge >= 0.3 is 0 Å². The standard InChI is InChI=1S/C43H42N4O3S2/c1-5-37(41(50)47-42-35(26-44)34-22-21-30(43(2,3)4)24-38(34)52-42)51-32-19-12-18-31(25-32)45-40(49)36(46-39(48)28-14-7-6-8-15-28)23-29-17-11-16-27-13-9-10-20-33(27)29/h6-20,23,25,30,37H,5,21-22,24H2,1-4H3,(H,45,49)(H,46,48)(H,47,50)/b36-23+. The third kappa shape index (κ3) is 8.47. The zero-order valence-electron chi connectivity index (χ0n) is 29.8. The number of nitrogens with zero attached hydrogens (tertiary/aromatic N) is 1. The number of amides is 3. The minimum atomic E-state index is -0.483. The van der Waals surface area contributed by atoms with Gasteiger partial charge in [0.05, 0.1) is 10.8 Å². The van der Waals surface area contributed by atoms with Gasteiger partial charge in [-0.3, -0.25) is 14.4 Å². The summed E-state index contributed by atoms with van der Waals surface area (Å²) in [6.07, 6.45) is 5.07. The molecule has 0 fully saturated rings. The summed E-state index contributed by atoms with van der Waals surface area (Å²) in [6.45, 7) is 8.75. The predicted octanol–water partition coefficient (Wildman–Crippen LogP) is 9.84. The Bertz CT molecular complexity index is 2190. The van der Waals surface area contributed by atoms with Crippen molar-refractivity contribution in [1.82, 2.24) is 5.32 Å². The molecular formula is C43H42N4O3S2. The average molecular weight is 727 g/mol. The van der Waals surface area contributed by atoms with Gasteiger partial charge in [0.2, 0.25) is 5.91 Å². The van der Waals surface area contributed by atoms with Crippen molar-refractivity contribution in [2.45, 2.75) is 63.5 Å². The van der Waals surface area contributed by atoms with Crippen molar-refractivity contribution in [3.63, 3.8) is 0 Å². The predicted molar refractivity (Wildman–Crippen MR) is 213 cm³/mol. The first-order chi connectivity index (χ1) is 25.0. The maximum atomic E-state index is 13.8. The highest BCUT2D eigenvalue weighted by atomic mass is 32.2. The molecule has 52 heavy (non-hydrogen) atoms. The van der Waals surface area contributed by atoms with E-state index < -0.39 is 17.1 Å². The molecule has 0 spiro atoms. The third-order valence-corrected chi connectivity index (χ3v) is 12.1. The number of thiophene rings is 1. The van der Waals surface area contributed by atoms with Crippen LogP contribution in [0.2, 0.25) is 0 Å². The first-order valence-corrected chi connectivity index (χ1v) is 19.2. The zero-order valence-corrected chi connectivity index (χ0v) is 31.4. The lowest BCUT2D eigenvalue weighted by Crippen LogP contribution is -2.30. The largest absolute Gasteiger partial charge is 0.321 e. The molecule has 1 aliphatic carbocycles. The van der Waals surface area contributed by atoms with Gasteiger partial charge in [0.1, 0.15) is 16.8 Å². The SMILES string of the molecule is CCC(Sc1cccc(NC(=O)/C(=C\c2cccc3ccccc23)NC(=O)c2ccccc2)c1)C(=O)Nc1sc2c(c1C#N)CCC(C(C)(C)C)C2. The quantitative estimate of drug-likeness (QED) is 0.0981. The fourth-order valence-electron chi connectivity index (χ4n) is 6.53. The van der Waals surface area contributed by atoms with Gasteiger partial charge in [0, 0.05) is 21.0 Å². The second kappa shape index (κ2) is 16.0. The van der Waals surface area contributed by atoms with Crippen LogP contribution in [-0.4, -0.2) is 23.0 Å². The number of carbonyl (C=O) groups is 3. The molecule has 0 saturated carbocycles. The smallest absolute Gasteiger partial charge is 0.272 e.